The predicted molar refractivity (Wildman–Crippen MR) is 109 cm³/mol. The molecule has 9 heteroatoms. The summed E-state index contributed by atoms with van der Waals surface area (Å²) in [5.74, 6) is -0.850. The summed E-state index contributed by atoms with van der Waals surface area (Å²) in [6.45, 7) is 4.73. The Hall–Kier alpha value is -2.78. The van der Waals surface area contributed by atoms with Crippen molar-refractivity contribution in [1.82, 2.24) is 15.2 Å². The molecule has 152 valence electrons. The minimum atomic E-state index is -0.595. The lowest BCUT2D eigenvalue weighted by Gasteiger charge is -2.29. The number of fused-ring (bicyclic) bond motifs is 1. The molecule has 3 amide bonds. The summed E-state index contributed by atoms with van der Waals surface area (Å²) in [5.41, 5.74) is 8.86. The number of hydrogen-bond acceptors (Lipinski definition) is 7. The first-order valence-corrected chi connectivity index (χ1v) is 10.4. The van der Waals surface area contributed by atoms with Gasteiger partial charge in [-0.15, -0.1) is 11.3 Å². The fourth-order valence-electron chi connectivity index (χ4n) is 3.54. The zero-order valence-corrected chi connectivity index (χ0v) is 17.1. The maximum Gasteiger partial charge on any atom is 0.255 e. The Kier molecular flexibility index (Phi) is 4.87. The number of benzene rings is 1. The maximum atomic E-state index is 12.9. The molecule has 1 saturated heterocycles. The van der Waals surface area contributed by atoms with Crippen LogP contribution in [0, 0.1) is 0 Å². The third-order valence-electron chi connectivity index (χ3n) is 5.20. The largest absolute Gasteiger partial charge is 0.357 e. The Morgan fingerprint density at radius 3 is 2.83 bits per heavy atom. The van der Waals surface area contributed by atoms with Crippen LogP contribution in [-0.2, 0) is 28.2 Å². The van der Waals surface area contributed by atoms with Crippen molar-refractivity contribution < 1.29 is 14.4 Å². The van der Waals surface area contributed by atoms with Crippen molar-refractivity contribution in [3.63, 3.8) is 0 Å². The van der Waals surface area contributed by atoms with Crippen LogP contribution in [0.5, 0.6) is 0 Å². The molecule has 1 aromatic carbocycles. The molecule has 2 aliphatic rings. The van der Waals surface area contributed by atoms with Crippen LogP contribution in [-0.4, -0.2) is 33.6 Å². The monoisotopic (exact) mass is 413 g/mol. The number of thiazole rings is 1. The van der Waals surface area contributed by atoms with E-state index in [2.05, 4.69) is 15.6 Å². The van der Waals surface area contributed by atoms with Gasteiger partial charge >= 0.3 is 0 Å². The molecule has 0 bridgehead atoms. The standard InChI is InChI=1S/C20H23N5O3S/c1-20(2,21)15-10-29-19(23-15)22-8-11-3-4-12-9-25(18(28)13(12)7-11)14-5-6-16(26)24-17(14)27/h3-4,7,10,14H,5-6,8-9,21H2,1-2H3,(H,22,23)(H,24,26,27). The van der Waals surface area contributed by atoms with E-state index in [1.807, 2.05) is 37.4 Å². The number of anilines is 1. The van der Waals surface area contributed by atoms with Gasteiger partial charge in [-0.2, -0.15) is 0 Å². The van der Waals surface area contributed by atoms with Crippen LogP contribution in [0.2, 0.25) is 0 Å². The van der Waals surface area contributed by atoms with E-state index in [9.17, 15) is 14.4 Å². The summed E-state index contributed by atoms with van der Waals surface area (Å²) in [7, 11) is 0. The van der Waals surface area contributed by atoms with Crippen molar-refractivity contribution in [2.24, 2.45) is 5.73 Å². The number of carbonyl (C=O) groups is 3. The van der Waals surface area contributed by atoms with Crippen molar-refractivity contribution >= 4 is 34.2 Å². The summed E-state index contributed by atoms with van der Waals surface area (Å²) in [5, 5.41) is 8.30. The lowest BCUT2D eigenvalue weighted by Crippen LogP contribution is -2.52. The highest BCUT2D eigenvalue weighted by Gasteiger charge is 2.39. The second kappa shape index (κ2) is 7.23. The van der Waals surface area contributed by atoms with E-state index in [4.69, 9.17) is 5.73 Å². The number of aromatic nitrogens is 1. The summed E-state index contributed by atoms with van der Waals surface area (Å²) < 4.78 is 0. The lowest BCUT2D eigenvalue weighted by molar-refractivity contribution is -0.136. The van der Waals surface area contributed by atoms with Gasteiger partial charge in [-0.05, 0) is 37.5 Å². The molecule has 2 aliphatic heterocycles. The second-order valence-electron chi connectivity index (χ2n) is 8.00. The molecule has 2 aromatic rings. The van der Waals surface area contributed by atoms with Crippen molar-refractivity contribution in [3.8, 4) is 0 Å². The molecular formula is C20H23N5O3S. The number of hydrogen-bond donors (Lipinski definition) is 3. The highest BCUT2D eigenvalue weighted by Crippen LogP contribution is 2.29. The molecule has 0 aliphatic carbocycles. The number of amides is 3. The van der Waals surface area contributed by atoms with Crippen LogP contribution in [0.25, 0.3) is 0 Å². The molecule has 0 radical (unpaired) electrons. The molecule has 3 heterocycles. The third kappa shape index (κ3) is 3.88. The quantitative estimate of drug-likeness (QED) is 0.643. The summed E-state index contributed by atoms with van der Waals surface area (Å²) >= 11 is 1.49. The maximum absolute atomic E-state index is 12.9. The SMILES string of the molecule is CC(C)(N)c1csc(NCc2ccc3c(c2)C(=O)N(C2CCC(=O)NC2=O)C3)n1. The molecule has 4 N–H and O–H groups in total. The smallest absolute Gasteiger partial charge is 0.255 e. The zero-order chi connectivity index (χ0) is 20.8. The first-order valence-electron chi connectivity index (χ1n) is 9.47. The fourth-order valence-corrected chi connectivity index (χ4v) is 4.43. The van der Waals surface area contributed by atoms with E-state index in [0.29, 0.717) is 25.1 Å². The van der Waals surface area contributed by atoms with E-state index in [1.54, 1.807) is 4.90 Å². The first-order chi connectivity index (χ1) is 13.7. The average molecular weight is 414 g/mol. The van der Waals surface area contributed by atoms with Gasteiger partial charge < -0.3 is 16.0 Å². The molecule has 29 heavy (non-hydrogen) atoms. The molecule has 0 saturated carbocycles. The predicted octanol–water partition coefficient (Wildman–Crippen LogP) is 1.71. The molecule has 1 unspecified atom stereocenters. The van der Waals surface area contributed by atoms with Gasteiger partial charge in [0.15, 0.2) is 5.13 Å². The average Bonchev–Trinajstić information content (AvgIpc) is 3.25. The topological polar surface area (TPSA) is 117 Å². The minimum Gasteiger partial charge on any atom is -0.357 e. The second-order valence-corrected chi connectivity index (χ2v) is 8.86. The normalized spacial score (nSPS) is 19.3. The van der Waals surface area contributed by atoms with Crippen molar-refractivity contribution in [2.75, 3.05) is 5.32 Å². The minimum absolute atomic E-state index is 0.169. The van der Waals surface area contributed by atoms with Crippen molar-refractivity contribution in [1.29, 1.82) is 0 Å². The fraction of sp³-hybridized carbons (Fsp3) is 0.400. The summed E-state index contributed by atoms with van der Waals surface area (Å²) in [4.78, 5) is 42.4. The van der Waals surface area contributed by atoms with Gasteiger partial charge in [-0.1, -0.05) is 12.1 Å². The van der Waals surface area contributed by atoms with Crippen LogP contribution < -0.4 is 16.4 Å². The Balaban J connectivity index is 1.45. The molecule has 4 rings (SSSR count). The first kappa shape index (κ1) is 19.5. The number of carbonyl (C=O) groups excluding carboxylic acids is 3. The highest BCUT2D eigenvalue weighted by molar-refractivity contribution is 7.13. The Morgan fingerprint density at radius 1 is 1.34 bits per heavy atom. The summed E-state index contributed by atoms with van der Waals surface area (Å²) in [6, 6.07) is 5.15. The van der Waals surface area contributed by atoms with Gasteiger partial charge in [-0.3, -0.25) is 19.7 Å². The number of nitrogens with one attached hydrogen (secondary N) is 2. The molecule has 0 spiro atoms. The van der Waals surface area contributed by atoms with Crippen molar-refractivity contribution in [3.05, 3.63) is 46.0 Å². The lowest BCUT2D eigenvalue weighted by atomic mass is 10.0. The van der Waals surface area contributed by atoms with E-state index in [1.165, 1.54) is 11.3 Å². The Bertz CT molecular complexity index is 994. The van der Waals surface area contributed by atoms with Gasteiger partial charge in [0.05, 0.1) is 11.2 Å². The number of piperidine rings is 1. The molecule has 1 aromatic heterocycles. The summed E-state index contributed by atoms with van der Waals surface area (Å²) in [6.07, 6.45) is 0.615. The van der Waals surface area contributed by atoms with Crippen molar-refractivity contribution in [2.45, 2.75) is 51.4 Å². The zero-order valence-electron chi connectivity index (χ0n) is 16.3. The molecule has 1 fully saturated rings. The Morgan fingerprint density at radius 2 is 2.14 bits per heavy atom. The van der Waals surface area contributed by atoms with Crippen LogP contribution in [0.15, 0.2) is 23.6 Å². The number of nitrogens with zero attached hydrogens (tertiary/aromatic N) is 2. The number of imide groups is 1. The van der Waals surface area contributed by atoms with E-state index in [-0.39, 0.29) is 18.2 Å². The van der Waals surface area contributed by atoms with Gasteiger partial charge in [0.1, 0.15) is 6.04 Å². The van der Waals surface area contributed by atoms with Gasteiger partial charge in [0.2, 0.25) is 11.8 Å². The van der Waals surface area contributed by atoms with E-state index in [0.717, 1.165) is 22.0 Å². The molecule has 1 atom stereocenters. The van der Waals surface area contributed by atoms with Crippen LogP contribution in [0.3, 0.4) is 0 Å². The van der Waals surface area contributed by atoms with E-state index < -0.39 is 17.5 Å². The number of nitrogens with two attached hydrogens (primary N) is 1. The van der Waals surface area contributed by atoms with Gasteiger partial charge in [0.25, 0.3) is 5.91 Å². The van der Waals surface area contributed by atoms with E-state index >= 15 is 0 Å². The Labute approximate surface area is 172 Å². The van der Waals surface area contributed by atoms with Crippen LogP contribution >= 0.6 is 11.3 Å². The molecular weight excluding hydrogens is 390 g/mol. The number of rotatable bonds is 5. The van der Waals surface area contributed by atoms with Gasteiger partial charge in [0, 0.05) is 30.5 Å². The van der Waals surface area contributed by atoms with Crippen LogP contribution in [0.1, 0.15) is 53.9 Å². The van der Waals surface area contributed by atoms with Gasteiger partial charge in [-0.25, -0.2) is 4.98 Å². The van der Waals surface area contributed by atoms with Crippen LogP contribution in [0.4, 0.5) is 5.13 Å². The highest BCUT2D eigenvalue weighted by atomic mass is 32.1. The third-order valence-corrected chi connectivity index (χ3v) is 6.00. The molecule has 8 nitrogen and oxygen atoms in total.